The van der Waals surface area contributed by atoms with Crippen LogP contribution in [0.3, 0.4) is 0 Å². The highest BCUT2D eigenvalue weighted by Gasteiger charge is 2.31. The van der Waals surface area contributed by atoms with Crippen molar-refractivity contribution < 1.29 is 13.2 Å². The summed E-state index contributed by atoms with van der Waals surface area (Å²) in [5.74, 6) is -0.161. The molecule has 1 aliphatic heterocycles. The van der Waals surface area contributed by atoms with Crippen molar-refractivity contribution in [1.82, 2.24) is 14.2 Å². The second-order valence-electron chi connectivity index (χ2n) is 8.02. The predicted octanol–water partition coefficient (Wildman–Crippen LogP) is 3.35. The van der Waals surface area contributed by atoms with Gasteiger partial charge in [0.05, 0.1) is 0 Å². The molecule has 6 nitrogen and oxygen atoms in total. The molecule has 152 valence electrons. The topological polar surface area (TPSA) is 71.4 Å². The second-order valence-corrected chi connectivity index (χ2v) is 9.92. The highest BCUT2D eigenvalue weighted by atomic mass is 32.2. The number of sulfonamides is 1. The molecule has 0 spiro atoms. The molecular formula is C20H33N3O3S. The van der Waals surface area contributed by atoms with Crippen LogP contribution in [0.2, 0.25) is 0 Å². The molecule has 0 unspecified atom stereocenters. The third-order valence-electron chi connectivity index (χ3n) is 6.09. The van der Waals surface area contributed by atoms with E-state index < -0.39 is 10.0 Å². The Kier molecular flexibility index (Phi) is 6.63. The summed E-state index contributed by atoms with van der Waals surface area (Å²) in [6.45, 7) is 2.92. The van der Waals surface area contributed by atoms with E-state index in [2.05, 4.69) is 5.32 Å². The van der Waals surface area contributed by atoms with Crippen LogP contribution in [0.5, 0.6) is 0 Å². The van der Waals surface area contributed by atoms with Crippen LogP contribution in [0.4, 0.5) is 0 Å². The zero-order valence-corrected chi connectivity index (χ0v) is 17.5. The molecule has 2 fully saturated rings. The molecule has 0 atom stereocenters. The van der Waals surface area contributed by atoms with Crippen LogP contribution in [-0.4, -0.2) is 42.3 Å². The van der Waals surface area contributed by atoms with Crippen LogP contribution in [-0.2, 0) is 17.1 Å². The monoisotopic (exact) mass is 395 g/mol. The van der Waals surface area contributed by atoms with Crippen LogP contribution in [0.15, 0.2) is 11.0 Å². The van der Waals surface area contributed by atoms with Gasteiger partial charge in [0.15, 0.2) is 0 Å². The maximum atomic E-state index is 13.1. The minimum absolute atomic E-state index is 0.161. The van der Waals surface area contributed by atoms with E-state index in [0.717, 1.165) is 44.9 Å². The normalized spacial score (nSPS) is 20.8. The number of hydrogen-bond acceptors (Lipinski definition) is 3. The van der Waals surface area contributed by atoms with Gasteiger partial charge >= 0.3 is 0 Å². The van der Waals surface area contributed by atoms with Crippen LogP contribution in [0.1, 0.15) is 80.4 Å². The minimum atomic E-state index is -3.54. The second kappa shape index (κ2) is 8.78. The SMILES string of the molecule is Cc1c(S(=O)(=O)N2CCCCC2)cc(C(=O)NC2CCCCCCC2)n1C. The molecule has 1 saturated carbocycles. The van der Waals surface area contributed by atoms with Gasteiger partial charge in [-0.3, -0.25) is 4.79 Å². The number of piperidine rings is 1. The molecule has 1 N–H and O–H groups in total. The van der Waals surface area contributed by atoms with Crippen molar-refractivity contribution in [1.29, 1.82) is 0 Å². The molecule has 1 amide bonds. The Labute approximate surface area is 163 Å². The molecule has 27 heavy (non-hydrogen) atoms. The van der Waals surface area contributed by atoms with Crippen molar-refractivity contribution in [3.8, 4) is 0 Å². The Hall–Kier alpha value is -1.34. The number of amides is 1. The predicted molar refractivity (Wildman–Crippen MR) is 106 cm³/mol. The number of rotatable bonds is 4. The quantitative estimate of drug-likeness (QED) is 0.850. The molecule has 1 aliphatic carbocycles. The van der Waals surface area contributed by atoms with Gasteiger partial charge < -0.3 is 9.88 Å². The summed E-state index contributed by atoms with van der Waals surface area (Å²) in [4.78, 5) is 13.1. The Morgan fingerprint density at radius 1 is 1.00 bits per heavy atom. The Morgan fingerprint density at radius 3 is 2.19 bits per heavy atom. The minimum Gasteiger partial charge on any atom is -0.348 e. The summed E-state index contributed by atoms with van der Waals surface area (Å²) >= 11 is 0. The molecule has 1 aromatic rings. The van der Waals surface area contributed by atoms with Gasteiger partial charge in [0.1, 0.15) is 10.6 Å². The van der Waals surface area contributed by atoms with E-state index in [1.807, 2.05) is 0 Å². The average Bonchev–Trinajstić information content (AvgIpc) is 2.94. The van der Waals surface area contributed by atoms with Gasteiger partial charge in [0.2, 0.25) is 10.0 Å². The van der Waals surface area contributed by atoms with Gasteiger partial charge in [-0.1, -0.05) is 38.5 Å². The lowest BCUT2D eigenvalue weighted by Gasteiger charge is -2.25. The molecule has 7 heteroatoms. The van der Waals surface area contributed by atoms with E-state index in [4.69, 9.17) is 0 Å². The number of carbonyl (C=O) groups is 1. The lowest BCUT2D eigenvalue weighted by Crippen LogP contribution is -2.36. The van der Waals surface area contributed by atoms with Gasteiger partial charge in [-0.15, -0.1) is 0 Å². The average molecular weight is 396 g/mol. The zero-order valence-electron chi connectivity index (χ0n) is 16.7. The van der Waals surface area contributed by atoms with Crippen LogP contribution >= 0.6 is 0 Å². The van der Waals surface area contributed by atoms with E-state index in [0.29, 0.717) is 24.5 Å². The molecule has 1 aromatic heterocycles. The van der Waals surface area contributed by atoms with Crippen molar-refractivity contribution in [3.63, 3.8) is 0 Å². The number of hydrogen-bond donors (Lipinski definition) is 1. The fourth-order valence-corrected chi connectivity index (χ4v) is 6.04. The molecule has 0 aromatic carbocycles. The van der Waals surface area contributed by atoms with Crippen molar-refractivity contribution in [2.45, 2.75) is 82.1 Å². The van der Waals surface area contributed by atoms with E-state index in [9.17, 15) is 13.2 Å². The largest absolute Gasteiger partial charge is 0.348 e. The first-order valence-corrected chi connectivity index (χ1v) is 11.8. The van der Waals surface area contributed by atoms with Gasteiger partial charge in [-0.05, 0) is 38.7 Å². The molecule has 0 radical (unpaired) electrons. The maximum Gasteiger partial charge on any atom is 0.268 e. The van der Waals surface area contributed by atoms with Crippen LogP contribution in [0, 0.1) is 6.92 Å². The molecule has 3 rings (SSSR count). The van der Waals surface area contributed by atoms with Gasteiger partial charge in [-0.2, -0.15) is 4.31 Å². The molecule has 2 aliphatic rings. The van der Waals surface area contributed by atoms with Gasteiger partial charge in [-0.25, -0.2) is 8.42 Å². The van der Waals surface area contributed by atoms with E-state index in [1.54, 1.807) is 28.9 Å². The Morgan fingerprint density at radius 2 is 1.56 bits per heavy atom. The van der Waals surface area contributed by atoms with Crippen molar-refractivity contribution >= 4 is 15.9 Å². The van der Waals surface area contributed by atoms with Crippen LogP contribution < -0.4 is 5.32 Å². The van der Waals surface area contributed by atoms with E-state index in [-0.39, 0.29) is 16.8 Å². The number of carbonyl (C=O) groups excluding carboxylic acids is 1. The van der Waals surface area contributed by atoms with Gasteiger partial charge in [0, 0.05) is 31.9 Å². The Bertz CT molecular complexity index is 756. The summed E-state index contributed by atoms with van der Waals surface area (Å²) in [6, 6.07) is 1.76. The number of nitrogens with one attached hydrogen (secondary N) is 1. The number of aromatic nitrogens is 1. The first kappa shape index (κ1) is 20.4. The zero-order chi connectivity index (χ0) is 19.4. The van der Waals surface area contributed by atoms with Crippen LogP contribution in [0.25, 0.3) is 0 Å². The highest BCUT2D eigenvalue weighted by molar-refractivity contribution is 7.89. The third-order valence-corrected chi connectivity index (χ3v) is 8.11. The van der Waals surface area contributed by atoms with Gasteiger partial charge in [0.25, 0.3) is 5.91 Å². The first-order valence-electron chi connectivity index (χ1n) is 10.4. The fraction of sp³-hybridized carbons (Fsp3) is 0.750. The third kappa shape index (κ3) is 4.57. The van der Waals surface area contributed by atoms with Crippen molar-refractivity contribution in [2.75, 3.05) is 13.1 Å². The summed E-state index contributed by atoms with van der Waals surface area (Å²) in [5.41, 5.74) is 1.06. The summed E-state index contributed by atoms with van der Waals surface area (Å²) in [6.07, 6.45) is 10.9. The summed E-state index contributed by atoms with van der Waals surface area (Å²) in [5, 5.41) is 3.15. The summed E-state index contributed by atoms with van der Waals surface area (Å²) < 4.78 is 29.4. The molecular weight excluding hydrogens is 362 g/mol. The fourth-order valence-electron chi connectivity index (χ4n) is 4.25. The van der Waals surface area contributed by atoms with E-state index in [1.165, 1.54) is 19.3 Å². The van der Waals surface area contributed by atoms with Crippen molar-refractivity contribution in [3.05, 3.63) is 17.5 Å². The Balaban J connectivity index is 1.78. The van der Waals surface area contributed by atoms with Crippen molar-refractivity contribution in [2.24, 2.45) is 7.05 Å². The number of nitrogens with zero attached hydrogens (tertiary/aromatic N) is 2. The standard InChI is InChI=1S/C20H33N3O3S/c1-16-19(27(25,26)23-13-9-6-10-14-23)15-18(22(16)2)20(24)21-17-11-7-4-3-5-8-12-17/h15,17H,3-14H2,1-2H3,(H,21,24). The molecule has 1 saturated heterocycles. The molecule has 0 bridgehead atoms. The lowest BCUT2D eigenvalue weighted by atomic mass is 9.96. The highest BCUT2D eigenvalue weighted by Crippen LogP contribution is 2.26. The first-order chi connectivity index (χ1) is 12.9. The maximum absolute atomic E-state index is 13.1. The molecule has 2 heterocycles. The van der Waals surface area contributed by atoms with E-state index >= 15 is 0 Å². The summed E-state index contributed by atoms with van der Waals surface area (Å²) in [7, 11) is -1.76. The lowest BCUT2D eigenvalue weighted by molar-refractivity contribution is 0.0922. The smallest absolute Gasteiger partial charge is 0.268 e.